The summed E-state index contributed by atoms with van der Waals surface area (Å²) in [6, 6.07) is 5.81. The molecule has 1 unspecified atom stereocenters. The fourth-order valence-electron chi connectivity index (χ4n) is 2.21. The molecule has 0 aliphatic carbocycles. The van der Waals surface area contributed by atoms with E-state index < -0.39 is 11.9 Å². The first kappa shape index (κ1) is 11.0. The Morgan fingerprint density at radius 3 is 3.06 bits per heavy atom. The lowest BCUT2D eigenvalue weighted by molar-refractivity contribution is -0.139. The van der Waals surface area contributed by atoms with Gasteiger partial charge in [0.2, 0.25) is 0 Å². The van der Waals surface area contributed by atoms with Crippen LogP contribution in [0.25, 0.3) is 0 Å². The van der Waals surface area contributed by atoms with Gasteiger partial charge in [0.15, 0.2) is 0 Å². The van der Waals surface area contributed by atoms with E-state index in [0.29, 0.717) is 13.0 Å². The summed E-state index contributed by atoms with van der Waals surface area (Å²) < 4.78 is 5.62. The van der Waals surface area contributed by atoms with E-state index in [0.717, 1.165) is 29.7 Å². The number of hydrogen-bond acceptors (Lipinski definition) is 2. The molecule has 0 saturated carbocycles. The van der Waals surface area contributed by atoms with E-state index >= 15 is 0 Å². The summed E-state index contributed by atoms with van der Waals surface area (Å²) >= 11 is 0. The van der Waals surface area contributed by atoms with Crippen molar-refractivity contribution in [2.24, 2.45) is 0 Å². The first-order chi connectivity index (χ1) is 7.74. The second-order valence-corrected chi connectivity index (χ2v) is 4.11. The van der Waals surface area contributed by atoms with Crippen LogP contribution in [0.5, 0.6) is 5.75 Å². The molecule has 86 valence electrons. The highest BCUT2D eigenvalue weighted by atomic mass is 16.5. The van der Waals surface area contributed by atoms with E-state index in [1.807, 2.05) is 18.2 Å². The van der Waals surface area contributed by atoms with Crippen LogP contribution in [0.4, 0.5) is 0 Å². The maximum Gasteiger partial charge on any atom is 0.311 e. The summed E-state index contributed by atoms with van der Waals surface area (Å²) in [5.74, 6) is -0.346. The fourth-order valence-corrected chi connectivity index (χ4v) is 2.21. The zero-order valence-corrected chi connectivity index (χ0v) is 9.40. The number of para-hydroxylation sites is 1. The lowest BCUT2D eigenvalue weighted by Crippen LogP contribution is -2.21. The van der Waals surface area contributed by atoms with Gasteiger partial charge in [-0.1, -0.05) is 31.5 Å². The van der Waals surface area contributed by atoms with E-state index in [2.05, 4.69) is 6.92 Å². The largest absolute Gasteiger partial charge is 0.493 e. The van der Waals surface area contributed by atoms with Gasteiger partial charge in [-0.15, -0.1) is 0 Å². The number of aliphatic carboxylic acids is 1. The Bertz CT molecular complexity index is 398. The van der Waals surface area contributed by atoms with Gasteiger partial charge in [-0.25, -0.2) is 0 Å². The predicted molar refractivity (Wildman–Crippen MR) is 60.9 cm³/mol. The van der Waals surface area contributed by atoms with E-state index in [1.54, 1.807) is 0 Å². The van der Waals surface area contributed by atoms with Gasteiger partial charge < -0.3 is 9.84 Å². The van der Waals surface area contributed by atoms with Crippen LogP contribution in [0.1, 0.15) is 36.8 Å². The number of carboxylic acid groups (broad SMARTS) is 1. The molecule has 1 aromatic rings. The normalized spacial score (nSPS) is 18.7. The third-order valence-electron chi connectivity index (χ3n) is 2.97. The highest BCUT2D eigenvalue weighted by Gasteiger charge is 2.28. The van der Waals surface area contributed by atoms with Gasteiger partial charge in [-0.3, -0.25) is 4.79 Å². The smallest absolute Gasteiger partial charge is 0.311 e. The first-order valence-electron chi connectivity index (χ1n) is 5.71. The van der Waals surface area contributed by atoms with Crippen LogP contribution >= 0.6 is 0 Å². The van der Waals surface area contributed by atoms with Gasteiger partial charge in [-0.05, 0) is 18.4 Å². The van der Waals surface area contributed by atoms with Crippen LogP contribution in [0.2, 0.25) is 0 Å². The van der Waals surface area contributed by atoms with E-state index in [1.165, 1.54) is 0 Å². The van der Waals surface area contributed by atoms with Crippen molar-refractivity contribution in [3.63, 3.8) is 0 Å². The van der Waals surface area contributed by atoms with Crippen molar-refractivity contribution in [1.29, 1.82) is 0 Å². The van der Waals surface area contributed by atoms with Gasteiger partial charge in [0.25, 0.3) is 0 Å². The minimum Gasteiger partial charge on any atom is -0.493 e. The number of carboxylic acids is 1. The summed E-state index contributed by atoms with van der Waals surface area (Å²) in [5.41, 5.74) is 1.97. The SMILES string of the molecule is CCCc1cccc2c1OCCC2C(=O)O. The van der Waals surface area contributed by atoms with Crippen molar-refractivity contribution in [2.75, 3.05) is 6.61 Å². The molecule has 0 amide bonds. The van der Waals surface area contributed by atoms with Crippen LogP contribution in [0.3, 0.4) is 0 Å². The van der Waals surface area contributed by atoms with Crippen LogP contribution in [0.15, 0.2) is 18.2 Å². The maximum atomic E-state index is 11.1. The molecule has 0 radical (unpaired) electrons. The van der Waals surface area contributed by atoms with Crippen molar-refractivity contribution in [3.05, 3.63) is 29.3 Å². The number of ether oxygens (including phenoxy) is 1. The van der Waals surface area contributed by atoms with E-state index in [4.69, 9.17) is 9.84 Å². The number of carbonyl (C=O) groups is 1. The highest BCUT2D eigenvalue weighted by Crippen LogP contribution is 2.36. The van der Waals surface area contributed by atoms with Crippen LogP contribution < -0.4 is 4.74 Å². The molecule has 0 bridgehead atoms. The average Bonchev–Trinajstić information content (AvgIpc) is 2.29. The Kier molecular flexibility index (Phi) is 3.13. The van der Waals surface area contributed by atoms with Crippen LogP contribution in [-0.2, 0) is 11.2 Å². The number of hydrogen-bond donors (Lipinski definition) is 1. The molecule has 3 nitrogen and oxygen atoms in total. The molecule has 1 atom stereocenters. The molecule has 0 aromatic heterocycles. The van der Waals surface area contributed by atoms with Crippen LogP contribution in [0, 0.1) is 0 Å². The van der Waals surface area contributed by atoms with Crippen molar-refractivity contribution in [2.45, 2.75) is 32.1 Å². The molecular formula is C13H16O3. The zero-order chi connectivity index (χ0) is 11.5. The standard InChI is InChI=1S/C13H16O3/c1-2-4-9-5-3-6-10-11(13(14)15)7-8-16-12(9)10/h3,5-6,11H,2,4,7-8H2,1H3,(H,14,15). The summed E-state index contributed by atoms with van der Waals surface area (Å²) in [6.07, 6.45) is 2.55. The van der Waals surface area contributed by atoms with Crippen molar-refractivity contribution >= 4 is 5.97 Å². The predicted octanol–water partition coefficient (Wildman–Crippen LogP) is 2.59. The fraction of sp³-hybridized carbons (Fsp3) is 0.462. The highest BCUT2D eigenvalue weighted by molar-refractivity contribution is 5.78. The van der Waals surface area contributed by atoms with Gasteiger partial charge in [-0.2, -0.15) is 0 Å². The summed E-state index contributed by atoms with van der Waals surface area (Å²) in [5, 5.41) is 9.15. The lowest BCUT2D eigenvalue weighted by atomic mass is 9.90. The summed E-state index contributed by atoms with van der Waals surface area (Å²) in [4.78, 5) is 11.1. The molecule has 0 saturated heterocycles. The molecule has 1 N–H and O–H groups in total. The van der Waals surface area contributed by atoms with E-state index in [-0.39, 0.29) is 0 Å². The number of aryl methyl sites for hydroxylation is 1. The van der Waals surface area contributed by atoms with Crippen LogP contribution in [-0.4, -0.2) is 17.7 Å². The molecule has 3 heteroatoms. The summed E-state index contributed by atoms with van der Waals surface area (Å²) in [6.45, 7) is 2.61. The Labute approximate surface area is 95.0 Å². The Balaban J connectivity index is 2.42. The number of rotatable bonds is 3. The average molecular weight is 220 g/mol. The molecule has 2 rings (SSSR count). The van der Waals surface area contributed by atoms with E-state index in [9.17, 15) is 4.79 Å². The lowest BCUT2D eigenvalue weighted by Gasteiger charge is -2.25. The second kappa shape index (κ2) is 4.56. The van der Waals surface area contributed by atoms with Gasteiger partial charge >= 0.3 is 5.97 Å². The zero-order valence-electron chi connectivity index (χ0n) is 9.40. The molecule has 1 aliphatic heterocycles. The minimum atomic E-state index is -0.752. The third kappa shape index (κ3) is 1.90. The molecular weight excluding hydrogens is 204 g/mol. The number of benzene rings is 1. The van der Waals surface area contributed by atoms with Gasteiger partial charge in [0.1, 0.15) is 5.75 Å². The molecule has 16 heavy (non-hydrogen) atoms. The first-order valence-corrected chi connectivity index (χ1v) is 5.71. The number of fused-ring (bicyclic) bond motifs is 1. The molecule has 0 spiro atoms. The van der Waals surface area contributed by atoms with Crippen molar-refractivity contribution in [3.8, 4) is 5.75 Å². The Hall–Kier alpha value is -1.51. The monoisotopic (exact) mass is 220 g/mol. The van der Waals surface area contributed by atoms with Gasteiger partial charge in [0, 0.05) is 5.56 Å². The second-order valence-electron chi connectivity index (χ2n) is 4.11. The quantitative estimate of drug-likeness (QED) is 0.851. The Morgan fingerprint density at radius 1 is 1.56 bits per heavy atom. The molecule has 0 fully saturated rings. The summed E-state index contributed by atoms with van der Waals surface area (Å²) in [7, 11) is 0. The third-order valence-corrected chi connectivity index (χ3v) is 2.97. The van der Waals surface area contributed by atoms with Crippen molar-refractivity contribution < 1.29 is 14.6 Å². The molecule has 1 heterocycles. The molecule has 1 aromatic carbocycles. The van der Waals surface area contributed by atoms with Gasteiger partial charge in [0.05, 0.1) is 12.5 Å². The van der Waals surface area contributed by atoms with Crippen molar-refractivity contribution in [1.82, 2.24) is 0 Å². The Morgan fingerprint density at radius 2 is 2.38 bits per heavy atom. The topological polar surface area (TPSA) is 46.5 Å². The maximum absolute atomic E-state index is 11.1. The minimum absolute atomic E-state index is 0.402. The molecule has 1 aliphatic rings.